The van der Waals surface area contributed by atoms with E-state index in [0.29, 0.717) is 32.0 Å². The fourth-order valence-corrected chi connectivity index (χ4v) is 3.97. The molecule has 0 unspecified atom stereocenters. The van der Waals surface area contributed by atoms with Crippen LogP contribution in [0, 0.1) is 11.7 Å². The zero-order chi connectivity index (χ0) is 14.6. The van der Waals surface area contributed by atoms with Crippen molar-refractivity contribution in [2.75, 3.05) is 25.4 Å². The van der Waals surface area contributed by atoms with E-state index in [0.717, 1.165) is 18.4 Å². The number of nitrogens with two attached hydrogens (primary N) is 1. The molecule has 0 atom stereocenters. The minimum Gasteiger partial charge on any atom is -0.330 e. The summed E-state index contributed by atoms with van der Waals surface area (Å²) in [4.78, 5) is 0. The van der Waals surface area contributed by atoms with Crippen molar-refractivity contribution in [2.24, 2.45) is 11.7 Å². The third-order valence-electron chi connectivity index (χ3n) is 3.86. The molecule has 20 heavy (non-hydrogen) atoms. The second kappa shape index (κ2) is 6.65. The van der Waals surface area contributed by atoms with E-state index >= 15 is 0 Å². The SMILES string of the molecule is NCC1CCN(S(=O)(=O)CCc2ccc(F)cc2)CC1. The molecule has 6 heteroatoms. The third-order valence-corrected chi connectivity index (χ3v) is 5.73. The van der Waals surface area contributed by atoms with E-state index in [-0.39, 0.29) is 11.6 Å². The van der Waals surface area contributed by atoms with Gasteiger partial charge in [0.2, 0.25) is 10.0 Å². The zero-order valence-electron chi connectivity index (χ0n) is 11.5. The van der Waals surface area contributed by atoms with Gasteiger partial charge in [0.05, 0.1) is 5.75 Å². The molecule has 0 aromatic heterocycles. The van der Waals surface area contributed by atoms with Crippen molar-refractivity contribution >= 4 is 10.0 Å². The predicted octanol–water partition coefficient (Wildman–Crippen LogP) is 1.37. The minimum absolute atomic E-state index is 0.0753. The van der Waals surface area contributed by atoms with Gasteiger partial charge >= 0.3 is 0 Å². The Morgan fingerprint density at radius 3 is 2.35 bits per heavy atom. The Morgan fingerprint density at radius 1 is 1.20 bits per heavy atom. The summed E-state index contributed by atoms with van der Waals surface area (Å²) >= 11 is 0. The van der Waals surface area contributed by atoms with Crippen LogP contribution in [0.25, 0.3) is 0 Å². The summed E-state index contributed by atoms with van der Waals surface area (Å²) in [6.45, 7) is 1.75. The molecule has 112 valence electrons. The maximum Gasteiger partial charge on any atom is 0.214 e. The van der Waals surface area contributed by atoms with Gasteiger partial charge in [-0.05, 0) is 49.4 Å². The molecule has 1 aromatic carbocycles. The van der Waals surface area contributed by atoms with Gasteiger partial charge in [0.25, 0.3) is 0 Å². The van der Waals surface area contributed by atoms with Gasteiger partial charge < -0.3 is 5.73 Å². The Bertz CT molecular complexity index is 523. The Kier molecular flexibility index (Phi) is 5.12. The molecule has 1 heterocycles. The summed E-state index contributed by atoms with van der Waals surface area (Å²) in [5.41, 5.74) is 6.45. The van der Waals surface area contributed by atoms with E-state index in [1.165, 1.54) is 12.1 Å². The van der Waals surface area contributed by atoms with Crippen LogP contribution in [0.1, 0.15) is 18.4 Å². The Balaban J connectivity index is 1.89. The molecular formula is C14H21FN2O2S. The van der Waals surface area contributed by atoms with Gasteiger partial charge in [-0.3, -0.25) is 0 Å². The number of sulfonamides is 1. The summed E-state index contributed by atoms with van der Waals surface area (Å²) in [6, 6.07) is 5.97. The maximum atomic E-state index is 12.8. The quantitative estimate of drug-likeness (QED) is 0.893. The normalized spacial score (nSPS) is 18.3. The van der Waals surface area contributed by atoms with Crippen molar-refractivity contribution < 1.29 is 12.8 Å². The number of benzene rings is 1. The van der Waals surface area contributed by atoms with Gasteiger partial charge in [-0.15, -0.1) is 0 Å². The van der Waals surface area contributed by atoms with Crippen molar-refractivity contribution in [1.82, 2.24) is 4.31 Å². The minimum atomic E-state index is -3.22. The molecule has 0 radical (unpaired) electrons. The number of nitrogens with zero attached hydrogens (tertiary/aromatic N) is 1. The van der Waals surface area contributed by atoms with Crippen LogP contribution in [0.4, 0.5) is 4.39 Å². The molecule has 0 bridgehead atoms. The summed E-state index contributed by atoms with van der Waals surface area (Å²) in [7, 11) is -3.22. The first-order chi connectivity index (χ1) is 9.51. The smallest absolute Gasteiger partial charge is 0.214 e. The molecule has 2 N–H and O–H groups in total. The molecule has 0 amide bonds. The molecular weight excluding hydrogens is 279 g/mol. The topological polar surface area (TPSA) is 63.4 Å². The highest BCUT2D eigenvalue weighted by Gasteiger charge is 2.27. The third kappa shape index (κ3) is 4.01. The summed E-state index contributed by atoms with van der Waals surface area (Å²) in [5, 5.41) is 0. The molecule has 1 aliphatic rings. The first-order valence-electron chi connectivity index (χ1n) is 6.93. The van der Waals surface area contributed by atoms with Crippen molar-refractivity contribution in [2.45, 2.75) is 19.3 Å². The van der Waals surface area contributed by atoms with Gasteiger partial charge in [-0.25, -0.2) is 17.1 Å². The average molecular weight is 300 g/mol. The van der Waals surface area contributed by atoms with E-state index in [1.54, 1.807) is 16.4 Å². The molecule has 1 fully saturated rings. The van der Waals surface area contributed by atoms with Gasteiger partial charge in [0.1, 0.15) is 5.82 Å². The zero-order valence-corrected chi connectivity index (χ0v) is 12.3. The Hall–Kier alpha value is -0.980. The second-order valence-electron chi connectivity index (χ2n) is 5.27. The first kappa shape index (κ1) is 15.4. The van der Waals surface area contributed by atoms with Crippen molar-refractivity contribution in [3.63, 3.8) is 0 Å². The fraction of sp³-hybridized carbons (Fsp3) is 0.571. The van der Waals surface area contributed by atoms with Crippen molar-refractivity contribution in [1.29, 1.82) is 0 Å². The lowest BCUT2D eigenvalue weighted by Gasteiger charge is -2.30. The molecule has 1 aromatic rings. The predicted molar refractivity (Wildman–Crippen MR) is 77.2 cm³/mol. The lowest BCUT2D eigenvalue weighted by Crippen LogP contribution is -2.41. The van der Waals surface area contributed by atoms with E-state index in [1.807, 2.05) is 0 Å². The molecule has 0 aliphatic carbocycles. The van der Waals surface area contributed by atoms with Gasteiger partial charge in [-0.1, -0.05) is 12.1 Å². The molecule has 0 spiro atoms. The number of hydrogen-bond donors (Lipinski definition) is 1. The van der Waals surface area contributed by atoms with Crippen LogP contribution in [0.15, 0.2) is 24.3 Å². The average Bonchev–Trinajstić information content (AvgIpc) is 2.47. The number of hydrogen-bond acceptors (Lipinski definition) is 3. The second-order valence-corrected chi connectivity index (χ2v) is 7.36. The summed E-state index contributed by atoms with van der Waals surface area (Å²) in [6.07, 6.45) is 2.10. The van der Waals surface area contributed by atoms with Crippen LogP contribution in [0.3, 0.4) is 0 Å². The lowest BCUT2D eigenvalue weighted by molar-refractivity contribution is 0.278. The Labute approximate surface area is 119 Å². The van der Waals surface area contributed by atoms with Gasteiger partial charge in [-0.2, -0.15) is 0 Å². The lowest BCUT2D eigenvalue weighted by atomic mass is 9.99. The highest BCUT2D eigenvalue weighted by Crippen LogP contribution is 2.19. The van der Waals surface area contributed by atoms with Crippen LogP contribution in [0.5, 0.6) is 0 Å². The van der Waals surface area contributed by atoms with Crippen molar-refractivity contribution in [3.05, 3.63) is 35.6 Å². The van der Waals surface area contributed by atoms with E-state index < -0.39 is 10.0 Å². The number of halogens is 1. The highest BCUT2D eigenvalue weighted by atomic mass is 32.2. The van der Waals surface area contributed by atoms with E-state index in [4.69, 9.17) is 5.73 Å². The number of aryl methyl sites for hydroxylation is 1. The standard InChI is InChI=1S/C14H21FN2O2S/c15-14-3-1-12(2-4-14)7-10-20(18,19)17-8-5-13(11-16)6-9-17/h1-4,13H,5-11,16H2. The first-order valence-corrected chi connectivity index (χ1v) is 8.54. The van der Waals surface area contributed by atoms with Gasteiger partial charge in [0, 0.05) is 13.1 Å². The molecule has 1 aliphatic heterocycles. The summed E-state index contributed by atoms with van der Waals surface area (Å²) in [5.74, 6) is 0.213. The van der Waals surface area contributed by atoms with E-state index in [2.05, 4.69) is 0 Å². The summed E-state index contributed by atoms with van der Waals surface area (Å²) < 4.78 is 38.8. The molecule has 2 rings (SSSR count). The molecule has 0 saturated carbocycles. The van der Waals surface area contributed by atoms with Crippen LogP contribution in [-0.2, 0) is 16.4 Å². The fourth-order valence-electron chi connectivity index (χ4n) is 2.45. The maximum absolute atomic E-state index is 12.8. The van der Waals surface area contributed by atoms with Gasteiger partial charge in [0.15, 0.2) is 0 Å². The highest BCUT2D eigenvalue weighted by molar-refractivity contribution is 7.89. The van der Waals surface area contributed by atoms with Crippen molar-refractivity contribution in [3.8, 4) is 0 Å². The van der Waals surface area contributed by atoms with Crippen LogP contribution in [0.2, 0.25) is 0 Å². The number of piperidine rings is 1. The van der Waals surface area contributed by atoms with Crippen LogP contribution < -0.4 is 5.73 Å². The molecule has 1 saturated heterocycles. The molecule has 4 nitrogen and oxygen atoms in total. The van der Waals surface area contributed by atoms with Crippen LogP contribution in [-0.4, -0.2) is 38.1 Å². The Morgan fingerprint density at radius 2 is 1.80 bits per heavy atom. The van der Waals surface area contributed by atoms with E-state index in [9.17, 15) is 12.8 Å². The van der Waals surface area contributed by atoms with Crippen LogP contribution >= 0.6 is 0 Å². The largest absolute Gasteiger partial charge is 0.330 e. The monoisotopic (exact) mass is 300 g/mol. The number of rotatable bonds is 5.